The van der Waals surface area contributed by atoms with Gasteiger partial charge in [0.15, 0.2) is 0 Å². The number of aromatic amines is 1. The Morgan fingerprint density at radius 2 is 1.93 bits per heavy atom. The molecule has 29 heavy (non-hydrogen) atoms. The Bertz CT molecular complexity index is 1120. The molecule has 5 rings (SSSR count). The maximum absolute atomic E-state index is 12.5. The minimum Gasteiger partial charge on any atom is -0.341 e. The van der Waals surface area contributed by atoms with Crippen molar-refractivity contribution in [1.29, 1.82) is 0 Å². The number of aromatic nitrogens is 4. The molecule has 7 heteroatoms. The summed E-state index contributed by atoms with van der Waals surface area (Å²) in [6.07, 6.45) is 5.08. The molecule has 0 bridgehead atoms. The van der Waals surface area contributed by atoms with Gasteiger partial charge in [-0.05, 0) is 44.7 Å². The van der Waals surface area contributed by atoms with E-state index in [2.05, 4.69) is 43.8 Å². The van der Waals surface area contributed by atoms with Crippen molar-refractivity contribution < 1.29 is 0 Å². The van der Waals surface area contributed by atoms with Crippen LogP contribution < -0.4 is 15.4 Å². The van der Waals surface area contributed by atoms with E-state index in [0.29, 0.717) is 11.6 Å². The van der Waals surface area contributed by atoms with Gasteiger partial charge in [-0.1, -0.05) is 18.2 Å². The highest BCUT2D eigenvalue weighted by atomic mass is 16.1. The smallest absolute Gasteiger partial charge is 0.252 e. The van der Waals surface area contributed by atoms with Crippen LogP contribution in [0.25, 0.3) is 11.3 Å². The summed E-state index contributed by atoms with van der Waals surface area (Å²) in [5.41, 5.74) is 4.41. The second kappa shape index (κ2) is 6.99. The van der Waals surface area contributed by atoms with Gasteiger partial charge in [-0.2, -0.15) is 0 Å². The fraction of sp³-hybridized carbons (Fsp3) is 0.364. The molecular formula is C22H24N6O. The zero-order chi connectivity index (χ0) is 20.0. The highest BCUT2D eigenvalue weighted by Crippen LogP contribution is 2.36. The lowest BCUT2D eigenvalue weighted by Crippen LogP contribution is -2.28. The van der Waals surface area contributed by atoms with Gasteiger partial charge >= 0.3 is 0 Å². The third-order valence-electron chi connectivity index (χ3n) is 5.80. The lowest BCUT2D eigenvalue weighted by molar-refractivity contribution is 0.738. The summed E-state index contributed by atoms with van der Waals surface area (Å²) in [6.45, 7) is 6.09. The summed E-state index contributed by atoms with van der Waals surface area (Å²) in [5.74, 6) is 1.32. The van der Waals surface area contributed by atoms with Crippen LogP contribution in [-0.4, -0.2) is 39.1 Å². The second-order valence-corrected chi connectivity index (χ2v) is 7.87. The normalized spacial score (nSPS) is 18.3. The van der Waals surface area contributed by atoms with Crippen LogP contribution in [0.4, 0.5) is 17.6 Å². The van der Waals surface area contributed by atoms with E-state index in [0.717, 1.165) is 42.4 Å². The zero-order valence-corrected chi connectivity index (χ0v) is 16.7. The first-order chi connectivity index (χ1) is 14.1. The Hall–Kier alpha value is -3.22. The molecular weight excluding hydrogens is 364 g/mol. The third-order valence-corrected chi connectivity index (χ3v) is 5.80. The molecule has 2 aliphatic heterocycles. The molecule has 0 saturated carbocycles. The minimum absolute atomic E-state index is 0.176. The number of hydrogen-bond acceptors (Lipinski definition) is 6. The Morgan fingerprint density at radius 3 is 2.72 bits per heavy atom. The summed E-state index contributed by atoms with van der Waals surface area (Å²) in [5, 5.41) is 0. The van der Waals surface area contributed by atoms with E-state index in [1.165, 1.54) is 24.5 Å². The maximum Gasteiger partial charge on any atom is 0.252 e. The molecule has 2 aromatic heterocycles. The molecule has 1 atom stereocenters. The van der Waals surface area contributed by atoms with E-state index >= 15 is 0 Å². The Morgan fingerprint density at radius 1 is 1.14 bits per heavy atom. The van der Waals surface area contributed by atoms with Gasteiger partial charge in [0.05, 0.1) is 11.4 Å². The predicted molar refractivity (Wildman–Crippen MR) is 114 cm³/mol. The summed E-state index contributed by atoms with van der Waals surface area (Å²) >= 11 is 0. The maximum atomic E-state index is 12.5. The van der Waals surface area contributed by atoms with Gasteiger partial charge in [-0.3, -0.25) is 9.78 Å². The number of nitrogens with one attached hydrogen (secondary N) is 1. The topological polar surface area (TPSA) is 78.0 Å². The number of fused-ring (bicyclic) bond motifs is 1. The fourth-order valence-electron chi connectivity index (χ4n) is 4.36. The Balaban J connectivity index is 1.55. The van der Waals surface area contributed by atoms with Gasteiger partial charge in [0.2, 0.25) is 11.9 Å². The number of hydrogen-bond donors (Lipinski definition) is 1. The van der Waals surface area contributed by atoms with Crippen LogP contribution in [-0.2, 0) is 6.42 Å². The van der Waals surface area contributed by atoms with Gasteiger partial charge in [-0.15, -0.1) is 0 Å². The van der Waals surface area contributed by atoms with Gasteiger partial charge < -0.3 is 9.80 Å². The molecule has 3 aromatic rings. The van der Waals surface area contributed by atoms with Gasteiger partial charge in [0.25, 0.3) is 5.56 Å². The molecule has 148 valence electrons. The van der Waals surface area contributed by atoms with Crippen LogP contribution in [0, 0.1) is 6.92 Å². The van der Waals surface area contributed by atoms with E-state index in [4.69, 9.17) is 4.98 Å². The summed E-state index contributed by atoms with van der Waals surface area (Å²) in [6, 6.07) is 10.0. The average molecular weight is 388 g/mol. The molecule has 1 N–H and O–H groups in total. The highest BCUT2D eigenvalue weighted by molar-refractivity contribution is 5.69. The standard InChI is InChI=1S/C22H24N6O/c1-14-11-16-7-3-4-8-19(16)28(14)22-25-18(12-20(29)26-22)17-13-23-21(24-15(17)2)27-9-5-6-10-27/h3-4,7-8,12-14H,5-6,9-11H2,1-2H3,(H,25,26,29)/t14-/m1/s1. The van der Waals surface area contributed by atoms with Crippen molar-refractivity contribution >= 4 is 17.6 Å². The van der Waals surface area contributed by atoms with Crippen LogP contribution in [0.3, 0.4) is 0 Å². The van der Waals surface area contributed by atoms with Crippen LogP contribution in [0.2, 0.25) is 0 Å². The van der Waals surface area contributed by atoms with E-state index in [1.54, 1.807) is 6.20 Å². The Labute approximate surface area is 169 Å². The van der Waals surface area contributed by atoms with Crippen molar-refractivity contribution in [2.75, 3.05) is 22.9 Å². The van der Waals surface area contributed by atoms with Gasteiger partial charge in [0.1, 0.15) is 0 Å². The Kier molecular flexibility index (Phi) is 4.30. The fourth-order valence-corrected chi connectivity index (χ4v) is 4.36. The van der Waals surface area contributed by atoms with Gasteiger partial charge in [-0.25, -0.2) is 15.0 Å². The van der Waals surface area contributed by atoms with Crippen LogP contribution in [0.1, 0.15) is 31.0 Å². The SMILES string of the molecule is Cc1nc(N2CCCC2)ncc1-c1cc(=O)[nH]c(N2c3ccccc3C[C@H]2C)n1. The number of rotatable bonds is 3. The molecule has 1 fully saturated rings. The largest absolute Gasteiger partial charge is 0.341 e. The molecule has 0 aliphatic carbocycles. The number of H-pyrrole nitrogens is 1. The first-order valence-electron chi connectivity index (χ1n) is 10.2. The molecule has 1 saturated heterocycles. The van der Waals surface area contributed by atoms with Crippen molar-refractivity contribution in [3.63, 3.8) is 0 Å². The number of anilines is 3. The lowest BCUT2D eigenvalue weighted by Gasteiger charge is -2.23. The van der Waals surface area contributed by atoms with Crippen molar-refractivity contribution in [3.8, 4) is 11.3 Å². The number of nitrogens with zero attached hydrogens (tertiary/aromatic N) is 5. The quantitative estimate of drug-likeness (QED) is 0.742. The summed E-state index contributed by atoms with van der Waals surface area (Å²) in [7, 11) is 0. The van der Waals surface area contributed by atoms with Crippen LogP contribution in [0.5, 0.6) is 0 Å². The number of aryl methyl sites for hydroxylation is 1. The van der Waals surface area contributed by atoms with E-state index in [9.17, 15) is 4.79 Å². The van der Waals surface area contributed by atoms with E-state index in [1.807, 2.05) is 19.1 Å². The van der Waals surface area contributed by atoms with Crippen molar-refractivity contribution in [3.05, 3.63) is 58.1 Å². The summed E-state index contributed by atoms with van der Waals surface area (Å²) < 4.78 is 0. The van der Waals surface area contributed by atoms with Gasteiger partial charge in [0, 0.05) is 42.6 Å². The second-order valence-electron chi connectivity index (χ2n) is 7.87. The molecule has 0 radical (unpaired) electrons. The highest BCUT2D eigenvalue weighted by Gasteiger charge is 2.29. The molecule has 2 aliphatic rings. The first-order valence-corrected chi connectivity index (χ1v) is 10.2. The molecule has 4 heterocycles. The van der Waals surface area contributed by atoms with E-state index in [-0.39, 0.29) is 11.6 Å². The molecule has 0 unspecified atom stereocenters. The van der Waals surface area contributed by atoms with E-state index < -0.39 is 0 Å². The molecule has 1 aromatic carbocycles. The van der Waals surface area contributed by atoms with Crippen LogP contribution >= 0.6 is 0 Å². The molecule has 7 nitrogen and oxygen atoms in total. The monoisotopic (exact) mass is 388 g/mol. The third kappa shape index (κ3) is 3.16. The number of para-hydroxylation sites is 1. The minimum atomic E-state index is -0.176. The average Bonchev–Trinajstić information content (AvgIpc) is 3.34. The van der Waals surface area contributed by atoms with Crippen LogP contribution in [0.15, 0.2) is 41.3 Å². The zero-order valence-electron chi connectivity index (χ0n) is 16.7. The van der Waals surface area contributed by atoms with Crippen molar-refractivity contribution in [1.82, 2.24) is 19.9 Å². The lowest BCUT2D eigenvalue weighted by atomic mass is 10.1. The van der Waals surface area contributed by atoms with Crippen molar-refractivity contribution in [2.45, 2.75) is 39.2 Å². The first kappa shape index (κ1) is 17.8. The molecule has 0 amide bonds. The predicted octanol–water partition coefficient (Wildman–Crippen LogP) is 3.22. The summed E-state index contributed by atoms with van der Waals surface area (Å²) in [4.78, 5) is 33.7. The molecule has 0 spiro atoms. The van der Waals surface area contributed by atoms with Crippen molar-refractivity contribution in [2.24, 2.45) is 0 Å². The number of benzene rings is 1.